The Hall–Kier alpha value is -1.04. The Morgan fingerprint density at radius 1 is 1.20 bits per heavy atom. The summed E-state index contributed by atoms with van der Waals surface area (Å²) in [6, 6.07) is 9.79. The van der Waals surface area contributed by atoms with Gasteiger partial charge in [-0.05, 0) is 5.56 Å². The Bertz CT molecular complexity index is 538. The van der Waals surface area contributed by atoms with E-state index in [1.807, 2.05) is 42.1 Å². The lowest BCUT2D eigenvalue weighted by atomic mass is 10.1. The Labute approximate surface area is 127 Å². The number of benzene rings is 1. The number of aromatic nitrogens is 1. The quantitative estimate of drug-likeness (QED) is 0.942. The lowest BCUT2D eigenvalue weighted by Crippen LogP contribution is -2.32. The van der Waals surface area contributed by atoms with E-state index in [0.717, 1.165) is 29.5 Å². The van der Waals surface area contributed by atoms with Crippen molar-refractivity contribution in [3.8, 4) is 0 Å². The summed E-state index contributed by atoms with van der Waals surface area (Å²) in [6.07, 6.45) is 0.117. The minimum Gasteiger partial charge on any atom is -0.388 e. The average molecular weight is 306 g/mol. The number of anilines is 1. The van der Waals surface area contributed by atoms with E-state index in [0.29, 0.717) is 6.42 Å². The molecule has 3 nitrogen and oxygen atoms in total. The zero-order valence-corrected chi connectivity index (χ0v) is 12.9. The SMILES string of the molecule is OC(Cc1csc(N2CCSCC2)n1)c1ccccc1. The molecule has 3 rings (SSSR count). The predicted octanol–water partition coefficient (Wildman–Crippen LogP) is 2.97. The van der Waals surface area contributed by atoms with E-state index in [1.54, 1.807) is 11.3 Å². The minimum atomic E-state index is -0.469. The van der Waals surface area contributed by atoms with E-state index < -0.39 is 6.10 Å². The van der Waals surface area contributed by atoms with Gasteiger partial charge in [0.2, 0.25) is 0 Å². The number of aliphatic hydroxyl groups is 1. The zero-order chi connectivity index (χ0) is 13.8. The molecule has 0 amide bonds. The van der Waals surface area contributed by atoms with Crippen molar-refractivity contribution in [1.29, 1.82) is 0 Å². The van der Waals surface area contributed by atoms with Crippen LogP contribution in [-0.4, -0.2) is 34.7 Å². The summed E-state index contributed by atoms with van der Waals surface area (Å²) >= 11 is 3.69. The number of thioether (sulfide) groups is 1. The Kier molecular flexibility index (Phi) is 4.60. The molecule has 2 aromatic rings. The first-order chi connectivity index (χ1) is 9.83. The fourth-order valence-electron chi connectivity index (χ4n) is 2.28. The lowest BCUT2D eigenvalue weighted by Gasteiger charge is -2.25. The standard InChI is InChI=1S/C15H18N2OS2/c18-14(12-4-2-1-3-5-12)10-13-11-20-15(16-13)17-6-8-19-9-7-17/h1-5,11,14,18H,6-10H2. The number of hydrogen-bond acceptors (Lipinski definition) is 5. The molecule has 1 saturated heterocycles. The topological polar surface area (TPSA) is 36.4 Å². The van der Waals surface area contributed by atoms with Gasteiger partial charge in [0.15, 0.2) is 5.13 Å². The molecule has 0 bridgehead atoms. The van der Waals surface area contributed by atoms with Gasteiger partial charge in [-0.15, -0.1) is 11.3 Å². The highest BCUT2D eigenvalue weighted by atomic mass is 32.2. The smallest absolute Gasteiger partial charge is 0.185 e. The molecule has 1 aliphatic rings. The normalized spacial score (nSPS) is 17.1. The molecule has 0 aliphatic carbocycles. The first-order valence-electron chi connectivity index (χ1n) is 6.83. The van der Waals surface area contributed by atoms with Gasteiger partial charge in [-0.25, -0.2) is 4.98 Å². The van der Waals surface area contributed by atoms with Crippen molar-refractivity contribution in [1.82, 2.24) is 4.98 Å². The van der Waals surface area contributed by atoms with Crippen LogP contribution in [0.5, 0.6) is 0 Å². The van der Waals surface area contributed by atoms with Crippen LogP contribution in [0.3, 0.4) is 0 Å². The number of hydrogen-bond donors (Lipinski definition) is 1. The summed E-state index contributed by atoms with van der Waals surface area (Å²) in [5, 5.41) is 13.4. The summed E-state index contributed by atoms with van der Waals surface area (Å²) in [6.45, 7) is 2.16. The van der Waals surface area contributed by atoms with Gasteiger partial charge in [-0.3, -0.25) is 0 Å². The van der Waals surface area contributed by atoms with Gasteiger partial charge < -0.3 is 10.0 Å². The van der Waals surface area contributed by atoms with Crippen LogP contribution in [0.25, 0.3) is 0 Å². The molecule has 0 saturated carbocycles. The molecule has 1 atom stereocenters. The summed E-state index contributed by atoms with van der Waals surface area (Å²) in [7, 11) is 0. The maximum atomic E-state index is 10.2. The van der Waals surface area contributed by atoms with Crippen molar-refractivity contribution >= 4 is 28.2 Å². The molecule has 1 N–H and O–H groups in total. The molecule has 2 heterocycles. The highest BCUT2D eigenvalue weighted by Crippen LogP contribution is 2.26. The molecular formula is C15H18N2OS2. The summed E-state index contributed by atoms with van der Waals surface area (Å²) < 4.78 is 0. The van der Waals surface area contributed by atoms with Gasteiger partial charge in [0.05, 0.1) is 11.8 Å². The van der Waals surface area contributed by atoms with Gasteiger partial charge in [0.25, 0.3) is 0 Å². The number of thiazole rings is 1. The maximum absolute atomic E-state index is 10.2. The second kappa shape index (κ2) is 6.61. The van der Waals surface area contributed by atoms with Crippen LogP contribution in [0, 0.1) is 0 Å². The fourth-order valence-corrected chi connectivity index (χ4v) is 4.08. The number of aliphatic hydroxyl groups excluding tert-OH is 1. The van der Waals surface area contributed by atoms with Crippen LogP contribution < -0.4 is 4.90 Å². The van der Waals surface area contributed by atoms with Crippen LogP contribution in [-0.2, 0) is 6.42 Å². The molecule has 0 radical (unpaired) electrons. The van der Waals surface area contributed by atoms with Crippen molar-refractivity contribution in [2.24, 2.45) is 0 Å². The van der Waals surface area contributed by atoms with Crippen LogP contribution in [0.4, 0.5) is 5.13 Å². The molecule has 1 aromatic carbocycles. The third kappa shape index (κ3) is 3.34. The molecule has 1 aliphatic heterocycles. The molecule has 106 valence electrons. The molecule has 5 heteroatoms. The van der Waals surface area contributed by atoms with Crippen molar-refractivity contribution < 1.29 is 5.11 Å². The van der Waals surface area contributed by atoms with Crippen molar-refractivity contribution in [2.75, 3.05) is 29.5 Å². The first-order valence-corrected chi connectivity index (χ1v) is 8.86. The molecule has 1 aromatic heterocycles. The van der Waals surface area contributed by atoms with Gasteiger partial charge >= 0.3 is 0 Å². The minimum absolute atomic E-state index is 0.469. The van der Waals surface area contributed by atoms with Gasteiger partial charge in [-0.2, -0.15) is 11.8 Å². The van der Waals surface area contributed by atoms with E-state index in [4.69, 9.17) is 0 Å². The van der Waals surface area contributed by atoms with Crippen molar-refractivity contribution in [2.45, 2.75) is 12.5 Å². The predicted molar refractivity (Wildman–Crippen MR) is 86.8 cm³/mol. The Morgan fingerprint density at radius 3 is 2.70 bits per heavy atom. The fraction of sp³-hybridized carbons (Fsp3) is 0.400. The molecular weight excluding hydrogens is 288 g/mol. The van der Waals surface area contributed by atoms with Gasteiger partial charge in [0, 0.05) is 36.4 Å². The van der Waals surface area contributed by atoms with Crippen molar-refractivity contribution in [3.05, 3.63) is 47.0 Å². The summed E-state index contributed by atoms with van der Waals surface area (Å²) in [4.78, 5) is 7.02. The van der Waals surface area contributed by atoms with Crippen LogP contribution in [0.1, 0.15) is 17.4 Å². The van der Waals surface area contributed by atoms with Gasteiger partial charge in [0.1, 0.15) is 0 Å². The zero-order valence-electron chi connectivity index (χ0n) is 11.2. The van der Waals surface area contributed by atoms with E-state index in [9.17, 15) is 5.11 Å². The van der Waals surface area contributed by atoms with Crippen molar-refractivity contribution in [3.63, 3.8) is 0 Å². The monoisotopic (exact) mass is 306 g/mol. The molecule has 1 unspecified atom stereocenters. The van der Waals surface area contributed by atoms with Crippen LogP contribution in [0.2, 0.25) is 0 Å². The summed E-state index contributed by atoms with van der Waals surface area (Å²) in [5.41, 5.74) is 1.94. The maximum Gasteiger partial charge on any atom is 0.185 e. The van der Waals surface area contributed by atoms with E-state index in [-0.39, 0.29) is 0 Å². The number of nitrogens with zero attached hydrogens (tertiary/aromatic N) is 2. The lowest BCUT2D eigenvalue weighted by molar-refractivity contribution is 0.177. The van der Waals surface area contributed by atoms with Crippen LogP contribution in [0.15, 0.2) is 35.7 Å². The highest BCUT2D eigenvalue weighted by Gasteiger charge is 2.16. The highest BCUT2D eigenvalue weighted by molar-refractivity contribution is 7.99. The second-order valence-corrected chi connectivity index (χ2v) is 6.91. The molecule has 0 spiro atoms. The summed E-state index contributed by atoms with van der Waals surface area (Å²) in [5.74, 6) is 2.36. The van der Waals surface area contributed by atoms with Crippen LogP contribution >= 0.6 is 23.1 Å². The average Bonchev–Trinajstić information content (AvgIpc) is 2.97. The largest absolute Gasteiger partial charge is 0.388 e. The Morgan fingerprint density at radius 2 is 1.95 bits per heavy atom. The molecule has 20 heavy (non-hydrogen) atoms. The third-order valence-electron chi connectivity index (χ3n) is 3.41. The number of rotatable bonds is 4. The molecule has 1 fully saturated rings. The first kappa shape index (κ1) is 13.9. The van der Waals surface area contributed by atoms with E-state index in [1.165, 1.54) is 11.5 Å². The second-order valence-electron chi connectivity index (χ2n) is 4.85. The Balaban J connectivity index is 1.65. The van der Waals surface area contributed by atoms with E-state index >= 15 is 0 Å². The van der Waals surface area contributed by atoms with Gasteiger partial charge in [-0.1, -0.05) is 30.3 Å². The third-order valence-corrected chi connectivity index (χ3v) is 5.30. The van der Waals surface area contributed by atoms with E-state index in [2.05, 4.69) is 15.3 Å².